The molecule has 9 nitrogen and oxygen atoms in total. The van der Waals surface area contributed by atoms with Gasteiger partial charge in [-0.2, -0.15) is 4.31 Å². The van der Waals surface area contributed by atoms with Crippen molar-refractivity contribution in [2.75, 3.05) is 31.6 Å². The summed E-state index contributed by atoms with van der Waals surface area (Å²) in [5, 5.41) is 2.90. The summed E-state index contributed by atoms with van der Waals surface area (Å²) in [6.45, 7) is 2.58. The van der Waals surface area contributed by atoms with Crippen LogP contribution in [0.4, 0.5) is 5.69 Å². The Bertz CT molecular complexity index is 1490. The Labute approximate surface area is 234 Å². The maximum absolute atomic E-state index is 13.9. The zero-order chi connectivity index (χ0) is 28.3. The number of piperidine rings is 1. The van der Waals surface area contributed by atoms with Crippen LogP contribution in [0.25, 0.3) is 0 Å². The normalized spacial score (nSPS) is 19.3. The Morgan fingerprint density at radius 3 is 2.52 bits per heavy atom. The first-order valence-corrected chi connectivity index (χ1v) is 14.8. The number of methoxy groups -OCH3 is 1. The SMILES string of the molecule is COc1ccc(S(=O)(=O)N2CCC[C@@H](C(=O)N3C[C@H](C(=O)NCc4ccccc4)Oc4ccccc43)C2)cc1C. The van der Waals surface area contributed by atoms with Crippen LogP contribution >= 0.6 is 0 Å². The van der Waals surface area contributed by atoms with Crippen LogP contribution in [0.3, 0.4) is 0 Å². The summed E-state index contributed by atoms with van der Waals surface area (Å²) >= 11 is 0. The van der Waals surface area contributed by atoms with Gasteiger partial charge in [0.15, 0.2) is 6.10 Å². The Kier molecular flexibility index (Phi) is 8.09. The van der Waals surface area contributed by atoms with E-state index in [9.17, 15) is 18.0 Å². The van der Waals surface area contributed by atoms with Gasteiger partial charge >= 0.3 is 0 Å². The van der Waals surface area contributed by atoms with Crippen molar-refractivity contribution in [2.24, 2.45) is 5.92 Å². The number of benzene rings is 3. The molecule has 0 bridgehead atoms. The van der Waals surface area contributed by atoms with Crippen LogP contribution in [-0.4, -0.2) is 57.4 Å². The lowest BCUT2D eigenvalue weighted by molar-refractivity contribution is -0.129. The first-order valence-electron chi connectivity index (χ1n) is 13.3. The number of aryl methyl sites for hydroxylation is 1. The summed E-state index contributed by atoms with van der Waals surface area (Å²) < 4.78 is 39.6. The zero-order valence-electron chi connectivity index (χ0n) is 22.6. The minimum absolute atomic E-state index is 0.0391. The molecule has 1 fully saturated rings. The summed E-state index contributed by atoms with van der Waals surface area (Å²) in [7, 11) is -2.27. The molecule has 2 aliphatic rings. The molecular weight excluding hydrogens is 530 g/mol. The van der Waals surface area contributed by atoms with Crippen molar-refractivity contribution in [2.45, 2.75) is 37.3 Å². The standard InChI is InChI=1S/C30H33N3O6S/c1-21-17-24(14-15-26(21)38-2)40(36,37)32-16-8-11-23(19-32)30(35)33-20-28(39-27-13-7-6-12-25(27)33)29(34)31-18-22-9-4-3-5-10-22/h3-7,9-10,12-15,17,23,28H,8,11,16,18-20H2,1-2H3,(H,31,34)/t23-,28-/m1/s1. The third kappa shape index (κ3) is 5.68. The van der Waals surface area contributed by atoms with Crippen molar-refractivity contribution >= 4 is 27.5 Å². The summed E-state index contributed by atoms with van der Waals surface area (Å²) in [5.74, 6) is -0.0432. The summed E-state index contributed by atoms with van der Waals surface area (Å²) in [4.78, 5) is 28.7. The topological polar surface area (TPSA) is 105 Å². The summed E-state index contributed by atoms with van der Waals surface area (Å²) in [5.41, 5.74) is 2.25. The molecule has 210 valence electrons. The Morgan fingerprint density at radius 1 is 1.02 bits per heavy atom. The molecule has 0 unspecified atom stereocenters. The van der Waals surface area contributed by atoms with E-state index in [-0.39, 0.29) is 29.8 Å². The number of hydrogen-bond donors (Lipinski definition) is 1. The summed E-state index contributed by atoms with van der Waals surface area (Å²) in [6.07, 6.45) is 0.211. The molecule has 2 atom stereocenters. The van der Waals surface area contributed by atoms with Crippen LogP contribution < -0.4 is 19.7 Å². The molecule has 2 aliphatic heterocycles. The van der Waals surface area contributed by atoms with Crippen molar-refractivity contribution in [3.05, 3.63) is 83.9 Å². The molecule has 10 heteroatoms. The molecule has 0 aliphatic carbocycles. The van der Waals surface area contributed by atoms with E-state index in [4.69, 9.17) is 9.47 Å². The minimum Gasteiger partial charge on any atom is -0.496 e. The van der Waals surface area contributed by atoms with E-state index < -0.39 is 22.0 Å². The van der Waals surface area contributed by atoms with Crippen LogP contribution in [0.1, 0.15) is 24.0 Å². The predicted molar refractivity (Wildman–Crippen MR) is 151 cm³/mol. The average Bonchev–Trinajstić information content (AvgIpc) is 2.99. The molecule has 1 N–H and O–H groups in total. The van der Waals surface area contributed by atoms with E-state index in [1.807, 2.05) is 36.4 Å². The second kappa shape index (κ2) is 11.7. The maximum atomic E-state index is 13.9. The van der Waals surface area contributed by atoms with Crippen LogP contribution in [0.15, 0.2) is 77.7 Å². The lowest BCUT2D eigenvalue weighted by atomic mass is 9.97. The van der Waals surface area contributed by atoms with Gasteiger partial charge in [-0.1, -0.05) is 42.5 Å². The third-order valence-corrected chi connectivity index (χ3v) is 9.24. The molecule has 3 aromatic rings. The molecule has 1 saturated heterocycles. The average molecular weight is 564 g/mol. The molecule has 40 heavy (non-hydrogen) atoms. The molecule has 0 spiro atoms. The van der Waals surface area contributed by atoms with Gasteiger partial charge in [0.2, 0.25) is 15.9 Å². The zero-order valence-corrected chi connectivity index (χ0v) is 23.4. The number of nitrogens with zero attached hydrogens (tertiary/aromatic N) is 2. The van der Waals surface area contributed by atoms with Crippen molar-refractivity contribution in [1.29, 1.82) is 0 Å². The van der Waals surface area contributed by atoms with Crippen molar-refractivity contribution in [3.63, 3.8) is 0 Å². The fourth-order valence-electron chi connectivity index (χ4n) is 5.22. The molecule has 2 heterocycles. The number of fused-ring (bicyclic) bond motifs is 1. The van der Waals surface area contributed by atoms with Crippen molar-refractivity contribution in [3.8, 4) is 11.5 Å². The first kappa shape index (κ1) is 27.7. The highest BCUT2D eigenvalue weighted by atomic mass is 32.2. The van der Waals surface area contributed by atoms with Crippen LogP contribution in [0.5, 0.6) is 11.5 Å². The molecule has 2 amide bonds. The lowest BCUT2D eigenvalue weighted by Gasteiger charge is -2.38. The number of hydrogen-bond acceptors (Lipinski definition) is 6. The van der Waals surface area contributed by atoms with Gasteiger partial charge in [-0.3, -0.25) is 9.59 Å². The third-order valence-electron chi connectivity index (χ3n) is 7.38. The number of carbonyl (C=O) groups excluding carboxylic acids is 2. The fourth-order valence-corrected chi connectivity index (χ4v) is 6.83. The second-order valence-electron chi connectivity index (χ2n) is 10.1. The number of anilines is 1. The van der Waals surface area contributed by atoms with Gasteiger partial charge in [-0.05, 0) is 61.2 Å². The Hall–Kier alpha value is -3.89. The molecule has 5 rings (SSSR count). The van der Waals surface area contributed by atoms with Crippen LogP contribution in [-0.2, 0) is 26.2 Å². The maximum Gasteiger partial charge on any atom is 0.263 e. The van der Waals surface area contributed by atoms with E-state index in [0.29, 0.717) is 43.1 Å². The van der Waals surface area contributed by atoms with E-state index >= 15 is 0 Å². The number of sulfonamides is 1. The molecule has 3 aromatic carbocycles. The number of para-hydroxylation sites is 2. The van der Waals surface area contributed by atoms with E-state index in [0.717, 1.165) is 11.1 Å². The first-order chi connectivity index (χ1) is 19.3. The van der Waals surface area contributed by atoms with Gasteiger partial charge in [0.05, 0.1) is 30.2 Å². The number of ether oxygens (including phenoxy) is 2. The highest BCUT2D eigenvalue weighted by Crippen LogP contribution is 2.36. The lowest BCUT2D eigenvalue weighted by Crippen LogP contribution is -2.53. The monoisotopic (exact) mass is 563 g/mol. The van der Waals surface area contributed by atoms with E-state index in [1.165, 1.54) is 10.4 Å². The molecular formula is C30H33N3O6S. The molecule has 0 aromatic heterocycles. The van der Waals surface area contributed by atoms with Crippen molar-refractivity contribution < 1.29 is 27.5 Å². The highest BCUT2D eigenvalue weighted by Gasteiger charge is 2.39. The Balaban J connectivity index is 1.33. The van der Waals surface area contributed by atoms with Gasteiger partial charge < -0.3 is 19.7 Å². The second-order valence-corrected chi connectivity index (χ2v) is 12.0. The number of rotatable bonds is 7. The number of carbonyl (C=O) groups is 2. The summed E-state index contributed by atoms with van der Waals surface area (Å²) in [6, 6.07) is 21.4. The fraction of sp³-hybridized carbons (Fsp3) is 0.333. The van der Waals surface area contributed by atoms with Crippen molar-refractivity contribution in [1.82, 2.24) is 9.62 Å². The highest BCUT2D eigenvalue weighted by molar-refractivity contribution is 7.89. The molecule has 0 radical (unpaired) electrons. The number of nitrogens with one attached hydrogen (secondary N) is 1. The number of amides is 2. The van der Waals surface area contributed by atoms with Crippen LogP contribution in [0, 0.1) is 12.8 Å². The van der Waals surface area contributed by atoms with Gasteiger partial charge in [-0.15, -0.1) is 0 Å². The van der Waals surface area contributed by atoms with Gasteiger partial charge in [0.1, 0.15) is 11.5 Å². The largest absolute Gasteiger partial charge is 0.496 e. The Morgan fingerprint density at radius 2 is 1.77 bits per heavy atom. The van der Waals surface area contributed by atoms with Gasteiger partial charge in [0, 0.05) is 19.6 Å². The van der Waals surface area contributed by atoms with Gasteiger partial charge in [-0.25, -0.2) is 8.42 Å². The smallest absolute Gasteiger partial charge is 0.263 e. The van der Waals surface area contributed by atoms with Gasteiger partial charge in [0.25, 0.3) is 5.91 Å². The predicted octanol–water partition coefficient (Wildman–Crippen LogP) is 3.51. The minimum atomic E-state index is -3.81. The molecule has 0 saturated carbocycles. The quantitative estimate of drug-likeness (QED) is 0.472. The van der Waals surface area contributed by atoms with E-state index in [1.54, 1.807) is 49.3 Å². The van der Waals surface area contributed by atoms with Crippen LogP contribution in [0.2, 0.25) is 0 Å². The van der Waals surface area contributed by atoms with E-state index in [2.05, 4.69) is 5.32 Å².